The van der Waals surface area contributed by atoms with Crippen molar-refractivity contribution in [2.24, 2.45) is 0 Å². The summed E-state index contributed by atoms with van der Waals surface area (Å²) in [6, 6.07) is 20.7. The SMILES string of the molecule is C[C@@H]1CC(=O)Nc2ccccc2N1C(=O)CSc1nnc(-c2ccco2)n1Cc1ccccc1. The van der Waals surface area contributed by atoms with Crippen molar-refractivity contribution < 1.29 is 14.0 Å². The number of nitrogens with zero attached hydrogens (tertiary/aromatic N) is 4. The van der Waals surface area contributed by atoms with E-state index in [-0.39, 0.29) is 30.0 Å². The predicted molar refractivity (Wildman–Crippen MR) is 131 cm³/mol. The lowest BCUT2D eigenvalue weighted by Gasteiger charge is -2.27. The molecule has 4 aromatic rings. The van der Waals surface area contributed by atoms with Crippen LogP contribution in [0.15, 0.2) is 82.6 Å². The lowest BCUT2D eigenvalue weighted by molar-refractivity contribution is -0.117. The third kappa shape index (κ3) is 4.47. The average Bonchev–Trinajstić information content (AvgIpc) is 3.47. The molecule has 1 N–H and O–H groups in total. The highest BCUT2D eigenvalue weighted by atomic mass is 32.2. The van der Waals surface area contributed by atoms with Gasteiger partial charge in [-0.15, -0.1) is 10.2 Å². The number of carbonyl (C=O) groups is 2. The quantitative estimate of drug-likeness (QED) is 0.416. The molecule has 0 fully saturated rings. The van der Waals surface area contributed by atoms with Crippen LogP contribution in [-0.2, 0) is 16.1 Å². The third-order valence-corrected chi connectivity index (χ3v) is 6.55. The van der Waals surface area contributed by atoms with E-state index in [1.807, 2.05) is 72.2 Å². The van der Waals surface area contributed by atoms with Gasteiger partial charge in [0.15, 0.2) is 10.9 Å². The maximum absolute atomic E-state index is 13.4. The second-order valence-corrected chi connectivity index (χ2v) is 8.97. The molecule has 5 rings (SSSR count). The van der Waals surface area contributed by atoms with E-state index in [0.29, 0.717) is 34.7 Å². The Morgan fingerprint density at radius 1 is 1.09 bits per heavy atom. The van der Waals surface area contributed by atoms with Crippen LogP contribution in [0.5, 0.6) is 0 Å². The van der Waals surface area contributed by atoms with E-state index < -0.39 is 0 Å². The maximum atomic E-state index is 13.4. The molecule has 3 heterocycles. The van der Waals surface area contributed by atoms with Crippen molar-refractivity contribution >= 4 is 35.0 Å². The minimum absolute atomic E-state index is 0.102. The highest BCUT2D eigenvalue weighted by Crippen LogP contribution is 2.33. The van der Waals surface area contributed by atoms with Crippen LogP contribution in [0.4, 0.5) is 11.4 Å². The van der Waals surface area contributed by atoms with E-state index in [1.165, 1.54) is 11.8 Å². The number of amides is 2. The zero-order valence-corrected chi connectivity index (χ0v) is 19.4. The summed E-state index contributed by atoms with van der Waals surface area (Å²) in [6.45, 7) is 2.43. The van der Waals surface area contributed by atoms with Gasteiger partial charge < -0.3 is 14.6 Å². The van der Waals surface area contributed by atoms with Crippen LogP contribution in [0, 0.1) is 0 Å². The van der Waals surface area contributed by atoms with E-state index in [9.17, 15) is 9.59 Å². The van der Waals surface area contributed by atoms with Gasteiger partial charge in [0, 0.05) is 12.5 Å². The highest BCUT2D eigenvalue weighted by molar-refractivity contribution is 7.99. The number of fused-ring (bicyclic) bond motifs is 1. The topological polar surface area (TPSA) is 93.3 Å². The van der Waals surface area contributed by atoms with Crippen LogP contribution in [-0.4, -0.2) is 38.4 Å². The van der Waals surface area contributed by atoms with Crippen LogP contribution in [0.1, 0.15) is 18.9 Å². The van der Waals surface area contributed by atoms with Gasteiger partial charge in [0.05, 0.1) is 29.9 Å². The molecule has 0 radical (unpaired) electrons. The van der Waals surface area contributed by atoms with E-state index in [2.05, 4.69) is 15.5 Å². The van der Waals surface area contributed by atoms with Gasteiger partial charge in [0.2, 0.25) is 17.6 Å². The van der Waals surface area contributed by atoms with Crippen molar-refractivity contribution in [3.05, 3.63) is 78.6 Å². The summed E-state index contributed by atoms with van der Waals surface area (Å²) in [6.07, 6.45) is 1.83. The molecule has 34 heavy (non-hydrogen) atoms. The lowest BCUT2D eigenvalue weighted by atomic mass is 10.2. The zero-order valence-electron chi connectivity index (χ0n) is 18.5. The molecule has 0 unspecified atom stereocenters. The van der Waals surface area contributed by atoms with E-state index >= 15 is 0 Å². The average molecular weight is 474 g/mol. The predicted octanol–water partition coefficient (Wildman–Crippen LogP) is 4.44. The Balaban J connectivity index is 1.41. The van der Waals surface area contributed by atoms with Crippen molar-refractivity contribution in [1.29, 1.82) is 0 Å². The molecule has 0 bridgehead atoms. The number of carbonyl (C=O) groups excluding carboxylic acids is 2. The van der Waals surface area contributed by atoms with Gasteiger partial charge >= 0.3 is 0 Å². The molecule has 1 atom stereocenters. The molecule has 0 saturated carbocycles. The Morgan fingerprint density at radius 3 is 2.68 bits per heavy atom. The summed E-state index contributed by atoms with van der Waals surface area (Å²) in [4.78, 5) is 27.4. The van der Waals surface area contributed by atoms with E-state index in [0.717, 1.165) is 5.56 Å². The number of aromatic nitrogens is 3. The maximum Gasteiger partial charge on any atom is 0.237 e. The van der Waals surface area contributed by atoms with Crippen molar-refractivity contribution in [1.82, 2.24) is 14.8 Å². The number of rotatable bonds is 6. The number of para-hydroxylation sites is 2. The normalized spacial score (nSPS) is 15.5. The molecule has 1 aliphatic heterocycles. The molecule has 1 aliphatic rings. The fraction of sp³-hybridized carbons (Fsp3) is 0.200. The van der Waals surface area contributed by atoms with Gasteiger partial charge in [-0.3, -0.25) is 14.2 Å². The molecule has 2 aromatic heterocycles. The lowest BCUT2D eigenvalue weighted by Crippen LogP contribution is -2.40. The number of hydrogen-bond acceptors (Lipinski definition) is 6. The van der Waals surface area contributed by atoms with Gasteiger partial charge in [-0.05, 0) is 36.8 Å². The van der Waals surface area contributed by atoms with Gasteiger partial charge in [-0.2, -0.15) is 0 Å². The van der Waals surface area contributed by atoms with Gasteiger partial charge in [-0.25, -0.2) is 0 Å². The van der Waals surface area contributed by atoms with Crippen LogP contribution >= 0.6 is 11.8 Å². The molecular weight excluding hydrogens is 450 g/mol. The van der Waals surface area contributed by atoms with Crippen LogP contribution in [0.3, 0.4) is 0 Å². The van der Waals surface area contributed by atoms with E-state index in [1.54, 1.807) is 17.2 Å². The summed E-state index contributed by atoms with van der Waals surface area (Å²) >= 11 is 1.32. The summed E-state index contributed by atoms with van der Waals surface area (Å²) in [5, 5.41) is 12.2. The molecule has 0 aliphatic carbocycles. The van der Waals surface area contributed by atoms with Gasteiger partial charge in [0.1, 0.15) is 0 Å². The molecule has 2 aromatic carbocycles. The first-order chi connectivity index (χ1) is 16.6. The summed E-state index contributed by atoms with van der Waals surface area (Å²) in [5.41, 5.74) is 2.43. The van der Waals surface area contributed by atoms with Crippen LogP contribution in [0.2, 0.25) is 0 Å². The number of benzene rings is 2. The van der Waals surface area contributed by atoms with Crippen LogP contribution < -0.4 is 10.2 Å². The highest BCUT2D eigenvalue weighted by Gasteiger charge is 2.30. The van der Waals surface area contributed by atoms with Crippen molar-refractivity contribution in [3.8, 4) is 11.6 Å². The molecular formula is C25H23N5O3S. The van der Waals surface area contributed by atoms with E-state index in [4.69, 9.17) is 4.42 Å². The first kappa shape index (κ1) is 22.0. The van der Waals surface area contributed by atoms with Crippen LogP contribution in [0.25, 0.3) is 11.6 Å². The largest absolute Gasteiger partial charge is 0.461 e. The first-order valence-electron chi connectivity index (χ1n) is 10.9. The van der Waals surface area contributed by atoms with Crippen molar-refractivity contribution in [2.45, 2.75) is 31.1 Å². The Hall–Kier alpha value is -3.85. The Labute approximate surface area is 201 Å². The second kappa shape index (κ2) is 9.56. The smallest absolute Gasteiger partial charge is 0.237 e. The monoisotopic (exact) mass is 473 g/mol. The Bertz CT molecular complexity index is 1300. The molecule has 8 nitrogen and oxygen atoms in total. The molecule has 172 valence electrons. The van der Waals surface area contributed by atoms with Gasteiger partial charge in [0.25, 0.3) is 0 Å². The number of hydrogen-bond donors (Lipinski definition) is 1. The number of nitrogens with one attached hydrogen (secondary N) is 1. The molecule has 2 amide bonds. The summed E-state index contributed by atoms with van der Waals surface area (Å²) in [5.74, 6) is 1.16. The molecule has 9 heteroatoms. The first-order valence-corrected chi connectivity index (χ1v) is 11.9. The number of thioether (sulfide) groups is 1. The molecule has 0 spiro atoms. The fourth-order valence-electron chi connectivity index (χ4n) is 4.06. The standard InChI is InChI=1S/C25H23N5O3S/c1-17-14-22(31)26-19-10-5-6-11-20(19)30(17)23(32)16-34-25-28-27-24(21-12-7-13-33-21)29(25)15-18-8-3-2-4-9-18/h2-13,17H,14-16H2,1H3,(H,26,31)/t17-/m1/s1. The Morgan fingerprint density at radius 2 is 1.88 bits per heavy atom. The number of furan rings is 1. The Kier molecular flexibility index (Phi) is 6.18. The third-order valence-electron chi connectivity index (χ3n) is 5.59. The molecule has 0 saturated heterocycles. The second-order valence-electron chi connectivity index (χ2n) is 8.03. The fourth-order valence-corrected chi connectivity index (χ4v) is 4.85. The minimum atomic E-state index is -0.266. The van der Waals surface area contributed by atoms with Crippen molar-refractivity contribution in [3.63, 3.8) is 0 Å². The zero-order chi connectivity index (χ0) is 23.5. The summed E-state index contributed by atoms with van der Waals surface area (Å²) < 4.78 is 7.52. The number of anilines is 2. The minimum Gasteiger partial charge on any atom is -0.461 e. The van der Waals surface area contributed by atoms with Crippen molar-refractivity contribution in [2.75, 3.05) is 16.0 Å². The summed E-state index contributed by atoms with van der Waals surface area (Å²) in [7, 11) is 0. The van der Waals surface area contributed by atoms with Gasteiger partial charge in [-0.1, -0.05) is 54.2 Å².